The van der Waals surface area contributed by atoms with Gasteiger partial charge in [0.1, 0.15) is 0 Å². The van der Waals surface area contributed by atoms with Crippen molar-refractivity contribution >= 4 is 16.2 Å². The lowest BCUT2D eigenvalue weighted by molar-refractivity contribution is 0.598. The monoisotopic (exact) mass is 225 g/mol. The molecule has 15 heavy (non-hydrogen) atoms. The highest BCUT2D eigenvalue weighted by molar-refractivity contribution is 7.90. The molecule has 0 fully saturated rings. The molecule has 1 rings (SSSR count). The van der Waals surface area contributed by atoms with E-state index in [-0.39, 0.29) is 10.8 Å². The summed E-state index contributed by atoms with van der Waals surface area (Å²) < 4.78 is 26.9. The molecule has 0 atom stereocenters. The summed E-state index contributed by atoms with van der Waals surface area (Å²) in [5.41, 5.74) is 1.03. The number of rotatable bonds is 3. The fraction of sp³-hybridized carbons (Fsp3) is 0.364. The summed E-state index contributed by atoms with van der Waals surface area (Å²) in [5, 5.41) is 0. The molecule has 0 aromatic heterocycles. The van der Waals surface area contributed by atoms with Crippen LogP contribution in [0.3, 0.4) is 0 Å². The van der Waals surface area contributed by atoms with E-state index in [1.807, 2.05) is 20.8 Å². The quantitative estimate of drug-likeness (QED) is 0.742. The molecule has 0 spiro atoms. The Balaban J connectivity index is 3.02. The zero-order chi connectivity index (χ0) is 11.5. The number of sulfonamides is 1. The Labute approximate surface area is 90.9 Å². The van der Waals surface area contributed by atoms with Crippen molar-refractivity contribution in [3.63, 3.8) is 0 Å². The average molecular weight is 225 g/mol. The van der Waals surface area contributed by atoms with E-state index in [0.717, 1.165) is 5.56 Å². The van der Waals surface area contributed by atoms with E-state index < -0.39 is 10.0 Å². The summed E-state index contributed by atoms with van der Waals surface area (Å²) in [6.45, 7) is 5.68. The van der Waals surface area contributed by atoms with Crippen LogP contribution < -0.4 is 0 Å². The molecular formula is C11H15NO2S. The van der Waals surface area contributed by atoms with E-state index in [1.54, 1.807) is 24.3 Å². The van der Waals surface area contributed by atoms with Gasteiger partial charge in [-0.05, 0) is 25.0 Å². The minimum atomic E-state index is -3.50. The molecule has 0 saturated carbocycles. The van der Waals surface area contributed by atoms with Gasteiger partial charge in [-0.2, -0.15) is 12.8 Å². The van der Waals surface area contributed by atoms with E-state index >= 15 is 0 Å². The van der Waals surface area contributed by atoms with Crippen LogP contribution >= 0.6 is 0 Å². The maximum atomic E-state index is 11.7. The van der Waals surface area contributed by atoms with E-state index in [4.69, 9.17) is 0 Å². The Hall–Kier alpha value is -1.16. The molecule has 0 radical (unpaired) electrons. The Morgan fingerprint density at radius 1 is 1.20 bits per heavy atom. The smallest absolute Gasteiger partial charge is 0.199 e. The van der Waals surface area contributed by atoms with Crippen LogP contribution in [0.4, 0.5) is 0 Å². The minimum Gasteiger partial charge on any atom is -0.199 e. The third-order valence-electron chi connectivity index (χ3n) is 1.82. The van der Waals surface area contributed by atoms with Crippen molar-refractivity contribution in [2.75, 3.05) is 0 Å². The zero-order valence-electron chi connectivity index (χ0n) is 9.14. The van der Waals surface area contributed by atoms with Crippen LogP contribution in [0.1, 0.15) is 19.4 Å². The fourth-order valence-electron chi connectivity index (χ4n) is 0.973. The lowest BCUT2D eigenvalue weighted by Crippen LogP contribution is -1.99. The lowest BCUT2D eigenvalue weighted by atomic mass is 10.2. The zero-order valence-corrected chi connectivity index (χ0v) is 9.95. The highest BCUT2D eigenvalue weighted by atomic mass is 32.2. The highest BCUT2D eigenvalue weighted by Crippen LogP contribution is 2.12. The first-order valence-corrected chi connectivity index (χ1v) is 6.23. The van der Waals surface area contributed by atoms with Crippen molar-refractivity contribution < 1.29 is 8.42 Å². The lowest BCUT2D eigenvalue weighted by Gasteiger charge is -1.99. The maximum Gasteiger partial charge on any atom is 0.281 e. The van der Waals surface area contributed by atoms with Crippen molar-refractivity contribution in [3.8, 4) is 0 Å². The average Bonchev–Trinajstić information content (AvgIpc) is 2.16. The molecule has 0 aliphatic heterocycles. The van der Waals surface area contributed by atoms with Crippen LogP contribution in [0, 0.1) is 12.8 Å². The fourth-order valence-corrected chi connectivity index (χ4v) is 1.98. The van der Waals surface area contributed by atoms with Crippen LogP contribution in [0.15, 0.2) is 33.6 Å². The molecular weight excluding hydrogens is 210 g/mol. The van der Waals surface area contributed by atoms with Crippen molar-refractivity contribution in [1.82, 2.24) is 0 Å². The number of hydrogen-bond donors (Lipinski definition) is 0. The number of benzene rings is 1. The summed E-state index contributed by atoms with van der Waals surface area (Å²) >= 11 is 0. The van der Waals surface area contributed by atoms with Gasteiger partial charge < -0.3 is 0 Å². The molecule has 0 unspecified atom stereocenters. The highest BCUT2D eigenvalue weighted by Gasteiger charge is 2.10. The molecule has 1 aromatic rings. The minimum absolute atomic E-state index is 0.130. The van der Waals surface area contributed by atoms with Gasteiger partial charge in [0.25, 0.3) is 10.0 Å². The van der Waals surface area contributed by atoms with Gasteiger partial charge in [-0.25, -0.2) is 0 Å². The number of hydrogen-bond acceptors (Lipinski definition) is 2. The molecule has 0 heterocycles. The molecule has 3 nitrogen and oxygen atoms in total. The van der Waals surface area contributed by atoms with Gasteiger partial charge in [0.15, 0.2) is 0 Å². The molecule has 0 bridgehead atoms. The topological polar surface area (TPSA) is 46.5 Å². The van der Waals surface area contributed by atoms with Gasteiger partial charge in [-0.1, -0.05) is 31.5 Å². The molecule has 0 aliphatic carbocycles. The number of nitrogens with zero attached hydrogens (tertiary/aromatic N) is 1. The second-order valence-corrected chi connectivity index (χ2v) is 5.42. The van der Waals surface area contributed by atoms with Crippen LogP contribution in [0.2, 0.25) is 0 Å². The first-order chi connectivity index (χ1) is 6.92. The molecule has 0 aliphatic rings. The van der Waals surface area contributed by atoms with Crippen LogP contribution in [0.5, 0.6) is 0 Å². The molecule has 0 saturated heterocycles. The maximum absolute atomic E-state index is 11.7. The van der Waals surface area contributed by atoms with Gasteiger partial charge in [-0.3, -0.25) is 0 Å². The second kappa shape index (κ2) is 4.57. The van der Waals surface area contributed by atoms with Crippen LogP contribution in [-0.4, -0.2) is 14.6 Å². The van der Waals surface area contributed by atoms with Crippen LogP contribution in [-0.2, 0) is 10.0 Å². The third kappa shape index (κ3) is 3.47. The Kier molecular flexibility index (Phi) is 3.63. The first-order valence-electron chi connectivity index (χ1n) is 4.79. The molecule has 82 valence electrons. The summed E-state index contributed by atoms with van der Waals surface area (Å²) in [4.78, 5) is 0.241. The molecule has 0 amide bonds. The van der Waals surface area contributed by atoms with Gasteiger partial charge >= 0.3 is 0 Å². The van der Waals surface area contributed by atoms with Crippen molar-refractivity contribution in [2.45, 2.75) is 25.7 Å². The Morgan fingerprint density at radius 3 is 2.20 bits per heavy atom. The van der Waals surface area contributed by atoms with Gasteiger partial charge in [0, 0.05) is 6.21 Å². The predicted octanol–water partition coefficient (Wildman–Crippen LogP) is 2.41. The summed E-state index contributed by atoms with van der Waals surface area (Å²) in [6, 6.07) is 6.67. The summed E-state index contributed by atoms with van der Waals surface area (Å²) in [6.07, 6.45) is 1.44. The molecule has 0 N–H and O–H groups in total. The standard InChI is InChI=1S/C11H15NO2S/c1-9(2)8-12-15(13,14)11-6-4-10(3)5-7-11/h4-9H,1-3H3/b12-8+. The number of aryl methyl sites for hydroxylation is 1. The summed E-state index contributed by atoms with van der Waals surface area (Å²) in [5.74, 6) is 0.130. The van der Waals surface area contributed by atoms with E-state index in [0.29, 0.717) is 0 Å². The Bertz CT molecular complexity index is 444. The Morgan fingerprint density at radius 2 is 1.73 bits per heavy atom. The largest absolute Gasteiger partial charge is 0.281 e. The van der Waals surface area contributed by atoms with Crippen molar-refractivity contribution in [1.29, 1.82) is 0 Å². The van der Waals surface area contributed by atoms with E-state index in [1.165, 1.54) is 6.21 Å². The van der Waals surface area contributed by atoms with Gasteiger partial charge in [0.05, 0.1) is 4.90 Å². The van der Waals surface area contributed by atoms with Crippen molar-refractivity contribution in [2.24, 2.45) is 10.3 Å². The first kappa shape index (κ1) is 11.9. The predicted molar refractivity (Wildman–Crippen MR) is 61.7 cm³/mol. The SMILES string of the molecule is Cc1ccc(S(=O)(=O)/N=C/C(C)C)cc1. The van der Waals surface area contributed by atoms with E-state index in [9.17, 15) is 8.42 Å². The normalized spacial score (nSPS) is 12.5. The van der Waals surface area contributed by atoms with E-state index in [2.05, 4.69) is 4.40 Å². The second-order valence-electron chi connectivity index (χ2n) is 3.79. The summed E-state index contributed by atoms with van der Waals surface area (Å²) in [7, 11) is -3.50. The molecule has 1 aromatic carbocycles. The molecule has 4 heteroatoms. The third-order valence-corrected chi connectivity index (χ3v) is 3.08. The van der Waals surface area contributed by atoms with Crippen LogP contribution in [0.25, 0.3) is 0 Å². The van der Waals surface area contributed by atoms with Gasteiger partial charge in [0.2, 0.25) is 0 Å². The van der Waals surface area contributed by atoms with Crippen molar-refractivity contribution in [3.05, 3.63) is 29.8 Å². The van der Waals surface area contributed by atoms with Gasteiger partial charge in [-0.15, -0.1) is 0 Å².